The van der Waals surface area contributed by atoms with E-state index < -0.39 is 0 Å². The van der Waals surface area contributed by atoms with Crippen LogP contribution in [0.5, 0.6) is 5.75 Å². The molecule has 5 nitrogen and oxygen atoms in total. The largest absolute Gasteiger partial charge is 0.493 e. The van der Waals surface area contributed by atoms with Crippen molar-refractivity contribution in [1.29, 1.82) is 0 Å². The monoisotopic (exact) mass is 289 g/mol. The fourth-order valence-corrected chi connectivity index (χ4v) is 2.66. The van der Waals surface area contributed by atoms with E-state index in [0.29, 0.717) is 5.89 Å². The molecule has 1 aliphatic rings. The SMILES string of the molecule is Cc1nc2ccc(OCCCN3CCN(C)CC3)cc2o1. The summed E-state index contributed by atoms with van der Waals surface area (Å²) >= 11 is 0. The van der Waals surface area contributed by atoms with Crippen LogP contribution < -0.4 is 4.74 Å². The zero-order valence-corrected chi connectivity index (χ0v) is 12.8. The second-order valence-corrected chi connectivity index (χ2v) is 5.71. The number of oxazole rings is 1. The maximum Gasteiger partial charge on any atom is 0.192 e. The van der Waals surface area contributed by atoms with Gasteiger partial charge in [0.15, 0.2) is 11.5 Å². The van der Waals surface area contributed by atoms with Gasteiger partial charge in [-0.15, -0.1) is 0 Å². The van der Waals surface area contributed by atoms with E-state index in [1.165, 1.54) is 26.2 Å². The van der Waals surface area contributed by atoms with E-state index >= 15 is 0 Å². The summed E-state index contributed by atoms with van der Waals surface area (Å²) in [5.74, 6) is 1.55. The molecule has 114 valence electrons. The minimum absolute atomic E-state index is 0.692. The molecule has 0 N–H and O–H groups in total. The van der Waals surface area contributed by atoms with Crippen LogP contribution in [0, 0.1) is 6.92 Å². The Hall–Kier alpha value is -1.59. The molecule has 1 aromatic heterocycles. The standard InChI is InChI=1S/C16H23N3O2/c1-13-17-15-5-4-14(12-16(15)21-13)20-11-3-6-19-9-7-18(2)8-10-19/h4-5,12H,3,6-11H2,1-2H3. The third-order valence-corrected chi connectivity index (χ3v) is 3.95. The number of ether oxygens (including phenoxy) is 1. The van der Waals surface area contributed by atoms with E-state index in [1.54, 1.807) is 0 Å². The van der Waals surface area contributed by atoms with Gasteiger partial charge in [0, 0.05) is 45.7 Å². The van der Waals surface area contributed by atoms with E-state index in [0.717, 1.165) is 36.4 Å². The number of likely N-dealkylation sites (N-methyl/N-ethyl adjacent to an activating group) is 1. The van der Waals surface area contributed by atoms with Crippen molar-refractivity contribution in [2.75, 3.05) is 46.4 Å². The lowest BCUT2D eigenvalue weighted by atomic mass is 10.3. The number of piperazine rings is 1. The molecule has 2 heterocycles. The van der Waals surface area contributed by atoms with Crippen LogP contribution in [0.15, 0.2) is 22.6 Å². The summed E-state index contributed by atoms with van der Waals surface area (Å²) in [5, 5.41) is 0. The molecule has 0 saturated carbocycles. The lowest BCUT2D eigenvalue weighted by molar-refractivity contribution is 0.145. The Labute approximate surface area is 125 Å². The highest BCUT2D eigenvalue weighted by Gasteiger charge is 2.12. The molecule has 0 bridgehead atoms. The first-order valence-corrected chi connectivity index (χ1v) is 7.61. The minimum atomic E-state index is 0.692. The minimum Gasteiger partial charge on any atom is -0.493 e. The molecule has 1 aromatic carbocycles. The van der Waals surface area contributed by atoms with E-state index in [2.05, 4.69) is 21.8 Å². The smallest absolute Gasteiger partial charge is 0.192 e. The van der Waals surface area contributed by atoms with Crippen molar-refractivity contribution in [2.45, 2.75) is 13.3 Å². The van der Waals surface area contributed by atoms with Gasteiger partial charge in [0.25, 0.3) is 0 Å². The van der Waals surface area contributed by atoms with Gasteiger partial charge in [-0.1, -0.05) is 0 Å². The number of benzene rings is 1. The van der Waals surface area contributed by atoms with E-state index in [9.17, 15) is 0 Å². The quantitative estimate of drug-likeness (QED) is 0.789. The van der Waals surface area contributed by atoms with Crippen LogP contribution in [0.4, 0.5) is 0 Å². The van der Waals surface area contributed by atoms with Crippen molar-refractivity contribution >= 4 is 11.1 Å². The van der Waals surface area contributed by atoms with Gasteiger partial charge in [-0.3, -0.25) is 0 Å². The molecular formula is C16H23N3O2. The first-order valence-electron chi connectivity index (χ1n) is 7.61. The number of nitrogens with zero attached hydrogens (tertiary/aromatic N) is 3. The van der Waals surface area contributed by atoms with E-state index in [-0.39, 0.29) is 0 Å². The topological polar surface area (TPSA) is 41.7 Å². The molecule has 0 atom stereocenters. The maximum atomic E-state index is 5.81. The van der Waals surface area contributed by atoms with Crippen molar-refractivity contribution in [2.24, 2.45) is 0 Å². The molecule has 5 heteroatoms. The molecule has 0 unspecified atom stereocenters. The van der Waals surface area contributed by atoms with Gasteiger partial charge in [0.05, 0.1) is 6.61 Å². The van der Waals surface area contributed by atoms with Crippen LogP contribution in [-0.2, 0) is 0 Å². The Bertz CT molecular complexity index is 588. The average Bonchev–Trinajstić information content (AvgIpc) is 2.85. The Morgan fingerprint density at radius 3 is 2.86 bits per heavy atom. The number of aromatic nitrogens is 1. The van der Waals surface area contributed by atoms with Crippen molar-refractivity contribution in [3.05, 3.63) is 24.1 Å². The molecule has 3 rings (SSSR count). The van der Waals surface area contributed by atoms with Crippen molar-refractivity contribution < 1.29 is 9.15 Å². The summed E-state index contributed by atoms with van der Waals surface area (Å²) in [6.45, 7) is 8.38. The second kappa shape index (κ2) is 6.45. The number of fused-ring (bicyclic) bond motifs is 1. The van der Waals surface area contributed by atoms with Crippen LogP contribution in [0.1, 0.15) is 12.3 Å². The predicted molar refractivity (Wildman–Crippen MR) is 82.8 cm³/mol. The van der Waals surface area contributed by atoms with Gasteiger partial charge < -0.3 is 19.0 Å². The summed E-state index contributed by atoms with van der Waals surface area (Å²) in [4.78, 5) is 9.17. The third kappa shape index (κ3) is 3.74. The van der Waals surface area contributed by atoms with Crippen LogP contribution in [0.3, 0.4) is 0 Å². The van der Waals surface area contributed by atoms with Crippen LogP contribution in [0.2, 0.25) is 0 Å². The van der Waals surface area contributed by atoms with Gasteiger partial charge in [0.1, 0.15) is 11.3 Å². The molecule has 21 heavy (non-hydrogen) atoms. The average molecular weight is 289 g/mol. The molecule has 0 amide bonds. The Morgan fingerprint density at radius 1 is 1.24 bits per heavy atom. The summed E-state index contributed by atoms with van der Waals surface area (Å²) in [6, 6.07) is 5.83. The third-order valence-electron chi connectivity index (χ3n) is 3.95. The first-order chi connectivity index (χ1) is 10.2. The van der Waals surface area contributed by atoms with Crippen LogP contribution >= 0.6 is 0 Å². The Morgan fingerprint density at radius 2 is 2.05 bits per heavy atom. The highest BCUT2D eigenvalue weighted by molar-refractivity contribution is 5.74. The molecule has 0 radical (unpaired) electrons. The normalized spacial score (nSPS) is 17.4. The van der Waals surface area contributed by atoms with E-state index in [4.69, 9.17) is 9.15 Å². The lowest BCUT2D eigenvalue weighted by Gasteiger charge is -2.32. The fourth-order valence-electron chi connectivity index (χ4n) is 2.66. The second-order valence-electron chi connectivity index (χ2n) is 5.71. The van der Waals surface area contributed by atoms with Gasteiger partial charge in [0.2, 0.25) is 0 Å². The number of aryl methyl sites for hydroxylation is 1. The summed E-state index contributed by atoms with van der Waals surface area (Å²) in [5.41, 5.74) is 1.68. The van der Waals surface area contributed by atoms with Crippen LogP contribution in [-0.4, -0.2) is 61.2 Å². The van der Waals surface area contributed by atoms with Crippen molar-refractivity contribution in [3.8, 4) is 5.75 Å². The van der Waals surface area contributed by atoms with Gasteiger partial charge in [-0.05, 0) is 25.6 Å². The van der Waals surface area contributed by atoms with E-state index in [1.807, 2.05) is 25.1 Å². The molecule has 1 aliphatic heterocycles. The molecule has 1 saturated heterocycles. The molecule has 0 spiro atoms. The fraction of sp³-hybridized carbons (Fsp3) is 0.562. The Balaban J connectivity index is 1.44. The molecule has 1 fully saturated rings. The zero-order valence-electron chi connectivity index (χ0n) is 12.8. The van der Waals surface area contributed by atoms with Crippen LogP contribution in [0.25, 0.3) is 11.1 Å². The van der Waals surface area contributed by atoms with Gasteiger partial charge in [-0.25, -0.2) is 4.98 Å². The van der Waals surface area contributed by atoms with Crippen molar-refractivity contribution in [3.63, 3.8) is 0 Å². The molecule has 0 aliphatic carbocycles. The Kier molecular flexibility index (Phi) is 4.41. The van der Waals surface area contributed by atoms with Gasteiger partial charge >= 0.3 is 0 Å². The number of hydrogen-bond acceptors (Lipinski definition) is 5. The van der Waals surface area contributed by atoms with Crippen molar-refractivity contribution in [1.82, 2.24) is 14.8 Å². The highest BCUT2D eigenvalue weighted by atomic mass is 16.5. The van der Waals surface area contributed by atoms with Gasteiger partial charge in [-0.2, -0.15) is 0 Å². The molecule has 2 aromatic rings. The number of rotatable bonds is 5. The maximum absolute atomic E-state index is 5.81. The number of hydrogen-bond donors (Lipinski definition) is 0. The zero-order chi connectivity index (χ0) is 14.7. The predicted octanol–water partition coefficient (Wildman–Crippen LogP) is 2.15. The summed E-state index contributed by atoms with van der Waals surface area (Å²) in [7, 11) is 2.18. The lowest BCUT2D eigenvalue weighted by Crippen LogP contribution is -2.44. The summed E-state index contributed by atoms with van der Waals surface area (Å²) < 4.78 is 11.3. The first kappa shape index (κ1) is 14.4. The highest BCUT2D eigenvalue weighted by Crippen LogP contribution is 2.21. The molecular weight excluding hydrogens is 266 g/mol. The summed E-state index contributed by atoms with van der Waals surface area (Å²) in [6.07, 6.45) is 1.05.